The molecule has 2 aromatic carbocycles. The summed E-state index contributed by atoms with van der Waals surface area (Å²) in [7, 11) is -3.31. The van der Waals surface area contributed by atoms with Crippen LogP contribution in [0.1, 0.15) is 24.8 Å². The molecule has 0 amide bonds. The number of fused-ring (bicyclic) bond motifs is 1. The van der Waals surface area contributed by atoms with E-state index >= 15 is 0 Å². The molecule has 1 heterocycles. The van der Waals surface area contributed by atoms with Gasteiger partial charge in [-0.05, 0) is 48.7 Å². The number of hydrogen-bond acceptors (Lipinski definition) is 5. The molecule has 4 rings (SSSR count). The summed E-state index contributed by atoms with van der Waals surface area (Å²) in [4.78, 5) is 8.79. The number of nitrogens with one attached hydrogen (secondary N) is 1. The third kappa shape index (κ3) is 3.39. The molecule has 5 nitrogen and oxygen atoms in total. The SMILES string of the molecule is CS(=O)(=O)c1ccc2ncnc(NCC3(c4ccc(F)cc4)CCC3)c2c1. The quantitative estimate of drug-likeness (QED) is 0.725. The van der Waals surface area contributed by atoms with Gasteiger partial charge < -0.3 is 5.32 Å². The smallest absolute Gasteiger partial charge is 0.175 e. The fourth-order valence-corrected chi connectivity index (χ4v) is 4.28. The monoisotopic (exact) mass is 385 g/mol. The van der Waals surface area contributed by atoms with Gasteiger partial charge in [0.25, 0.3) is 0 Å². The molecule has 140 valence electrons. The van der Waals surface area contributed by atoms with Crippen LogP contribution in [0.3, 0.4) is 0 Å². The van der Waals surface area contributed by atoms with Crippen LogP contribution in [0.25, 0.3) is 10.9 Å². The first-order valence-corrected chi connectivity index (χ1v) is 10.7. The van der Waals surface area contributed by atoms with E-state index < -0.39 is 9.84 Å². The van der Waals surface area contributed by atoms with Gasteiger partial charge in [0.2, 0.25) is 0 Å². The lowest BCUT2D eigenvalue weighted by atomic mass is 9.64. The fraction of sp³-hybridized carbons (Fsp3) is 0.300. The van der Waals surface area contributed by atoms with Gasteiger partial charge in [0.15, 0.2) is 9.84 Å². The van der Waals surface area contributed by atoms with Gasteiger partial charge in [-0.3, -0.25) is 0 Å². The zero-order valence-electron chi connectivity index (χ0n) is 14.9. The molecular formula is C20H20FN3O2S. The zero-order valence-corrected chi connectivity index (χ0v) is 15.8. The Bertz CT molecular complexity index is 1090. The first-order valence-electron chi connectivity index (χ1n) is 8.82. The van der Waals surface area contributed by atoms with E-state index in [4.69, 9.17) is 0 Å². The largest absolute Gasteiger partial charge is 0.369 e. The van der Waals surface area contributed by atoms with Crippen LogP contribution in [-0.2, 0) is 15.3 Å². The standard InChI is InChI=1S/C20H20FN3O2S/c1-27(25,26)16-7-8-18-17(11-16)19(24-13-23-18)22-12-20(9-2-10-20)14-3-5-15(21)6-4-14/h3-8,11,13H,2,9-10,12H2,1H3,(H,22,23,24). The number of rotatable bonds is 5. The van der Waals surface area contributed by atoms with Crippen molar-refractivity contribution in [2.24, 2.45) is 0 Å². The molecule has 27 heavy (non-hydrogen) atoms. The van der Waals surface area contributed by atoms with Crippen molar-refractivity contribution in [3.63, 3.8) is 0 Å². The lowest BCUT2D eigenvalue weighted by molar-refractivity contribution is 0.260. The first kappa shape index (κ1) is 17.9. The highest BCUT2D eigenvalue weighted by atomic mass is 32.2. The molecular weight excluding hydrogens is 365 g/mol. The Hall–Kier alpha value is -2.54. The molecule has 0 atom stereocenters. The highest BCUT2D eigenvalue weighted by Gasteiger charge is 2.38. The molecule has 0 aliphatic heterocycles. The minimum absolute atomic E-state index is 0.0561. The third-order valence-electron chi connectivity index (χ3n) is 5.40. The van der Waals surface area contributed by atoms with Gasteiger partial charge in [0.05, 0.1) is 10.4 Å². The molecule has 1 aromatic heterocycles. The molecule has 1 aliphatic carbocycles. The molecule has 1 fully saturated rings. The van der Waals surface area contributed by atoms with E-state index in [1.54, 1.807) is 18.2 Å². The molecule has 7 heteroatoms. The van der Waals surface area contributed by atoms with Crippen molar-refractivity contribution in [1.29, 1.82) is 0 Å². The minimum Gasteiger partial charge on any atom is -0.369 e. The van der Waals surface area contributed by atoms with Gasteiger partial charge in [-0.1, -0.05) is 18.6 Å². The number of nitrogens with zero attached hydrogens (tertiary/aromatic N) is 2. The van der Waals surface area contributed by atoms with Crippen LogP contribution in [0.2, 0.25) is 0 Å². The van der Waals surface area contributed by atoms with Crippen LogP contribution >= 0.6 is 0 Å². The number of hydrogen-bond donors (Lipinski definition) is 1. The summed E-state index contributed by atoms with van der Waals surface area (Å²) in [5, 5.41) is 4.06. The van der Waals surface area contributed by atoms with Gasteiger partial charge in [-0.15, -0.1) is 0 Å². The Morgan fingerprint density at radius 3 is 2.48 bits per heavy atom. The predicted octanol–water partition coefficient (Wildman–Crippen LogP) is 3.71. The maximum atomic E-state index is 13.3. The molecule has 3 aromatic rings. The summed E-state index contributed by atoms with van der Waals surface area (Å²) in [6.07, 6.45) is 5.81. The number of aromatic nitrogens is 2. The molecule has 1 saturated carbocycles. The Morgan fingerprint density at radius 1 is 1.11 bits per heavy atom. The van der Waals surface area contributed by atoms with E-state index in [9.17, 15) is 12.8 Å². The average Bonchev–Trinajstić information content (AvgIpc) is 2.61. The first-order chi connectivity index (χ1) is 12.9. The second-order valence-corrected chi connectivity index (χ2v) is 9.18. The van der Waals surface area contributed by atoms with Crippen LogP contribution in [0.4, 0.5) is 10.2 Å². The molecule has 0 spiro atoms. The van der Waals surface area contributed by atoms with Gasteiger partial charge in [-0.2, -0.15) is 0 Å². The number of halogens is 1. The van der Waals surface area contributed by atoms with Crippen LogP contribution < -0.4 is 5.32 Å². The summed E-state index contributed by atoms with van der Waals surface area (Å²) in [6.45, 7) is 0.647. The van der Waals surface area contributed by atoms with Crippen LogP contribution in [-0.4, -0.2) is 31.2 Å². The summed E-state index contributed by atoms with van der Waals surface area (Å²) in [5.41, 5.74) is 1.74. The third-order valence-corrected chi connectivity index (χ3v) is 6.51. The van der Waals surface area contributed by atoms with E-state index in [2.05, 4.69) is 15.3 Å². The van der Waals surface area contributed by atoms with Gasteiger partial charge in [-0.25, -0.2) is 22.8 Å². The Balaban J connectivity index is 1.66. The zero-order chi connectivity index (χ0) is 19.1. The normalized spacial score (nSPS) is 16.1. The summed E-state index contributed by atoms with van der Waals surface area (Å²) < 4.78 is 37.0. The lowest BCUT2D eigenvalue weighted by Gasteiger charge is -2.42. The van der Waals surface area contributed by atoms with E-state index in [0.717, 1.165) is 24.8 Å². The van der Waals surface area contributed by atoms with Gasteiger partial charge in [0, 0.05) is 23.6 Å². The maximum Gasteiger partial charge on any atom is 0.175 e. The second-order valence-electron chi connectivity index (χ2n) is 7.17. The maximum absolute atomic E-state index is 13.3. The topological polar surface area (TPSA) is 72.0 Å². The summed E-state index contributed by atoms with van der Waals surface area (Å²) >= 11 is 0. The van der Waals surface area contributed by atoms with Crippen LogP contribution in [0.15, 0.2) is 53.7 Å². The summed E-state index contributed by atoms with van der Waals surface area (Å²) in [5.74, 6) is 0.371. The average molecular weight is 385 g/mol. The fourth-order valence-electron chi connectivity index (χ4n) is 3.63. The van der Waals surface area contributed by atoms with Crippen molar-refractivity contribution in [1.82, 2.24) is 9.97 Å². The Labute approximate surface area is 157 Å². The molecule has 0 unspecified atom stereocenters. The molecule has 1 aliphatic rings. The molecule has 0 saturated heterocycles. The molecule has 0 bridgehead atoms. The number of sulfone groups is 1. The Morgan fingerprint density at radius 2 is 1.85 bits per heavy atom. The van der Waals surface area contributed by atoms with Crippen LogP contribution in [0, 0.1) is 5.82 Å². The van der Waals surface area contributed by atoms with Crippen molar-refractivity contribution < 1.29 is 12.8 Å². The van der Waals surface area contributed by atoms with Gasteiger partial charge >= 0.3 is 0 Å². The lowest BCUT2D eigenvalue weighted by Crippen LogP contribution is -2.41. The van der Waals surface area contributed by atoms with Crippen molar-refractivity contribution in [2.45, 2.75) is 29.6 Å². The van der Waals surface area contributed by atoms with E-state index in [1.165, 1.54) is 24.7 Å². The van der Waals surface area contributed by atoms with Crippen molar-refractivity contribution in [2.75, 3.05) is 18.1 Å². The summed E-state index contributed by atoms with van der Waals surface area (Å²) in [6, 6.07) is 11.5. The highest BCUT2D eigenvalue weighted by molar-refractivity contribution is 7.90. The van der Waals surface area contributed by atoms with Gasteiger partial charge in [0.1, 0.15) is 18.0 Å². The molecule has 0 radical (unpaired) electrons. The van der Waals surface area contributed by atoms with Crippen molar-refractivity contribution >= 4 is 26.6 Å². The molecule has 1 N–H and O–H groups in total. The van der Waals surface area contributed by atoms with E-state index in [1.807, 2.05) is 12.1 Å². The van der Waals surface area contributed by atoms with E-state index in [0.29, 0.717) is 23.3 Å². The van der Waals surface area contributed by atoms with E-state index in [-0.39, 0.29) is 16.1 Å². The Kier molecular flexibility index (Phi) is 4.34. The van der Waals surface area contributed by atoms with Crippen molar-refractivity contribution in [3.8, 4) is 0 Å². The predicted molar refractivity (Wildman–Crippen MR) is 103 cm³/mol. The van der Waals surface area contributed by atoms with Crippen molar-refractivity contribution in [3.05, 3.63) is 60.2 Å². The minimum atomic E-state index is -3.31. The number of anilines is 1. The second kappa shape index (κ2) is 6.56. The highest BCUT2D eigenvalue weighted by Crippen LogP contribution is 2.44. The van der Waals surface area contributed by atoms with Crippen LogP contribution in [0.5, 0.6) is 0 Å². The number of benzene rings is 2.